The van der Waals surface area contributed by atoms with Crippen LogP contribution in [-0.2, 0) is 60.3 Å². The number of fused-ring (bicyclic) bond motifs is 6. The van der Waals surface area contributed by atoms with Crippen molar-refractivity contribution in [2.75, 3.05) is 47.2 Å². The summed E-state index contributed by atoms with van der Waals surface area (Å²) in [7, 11) is 2.90. The third kappa shape index (κ3) is 8.75. The van der Waals surface area contributed by atoms with Gasteiger partial charge in [0.15, 0.2) is 42.4 Å². The molecule has 3 aromatic rings. The summed E-state index contributed by atoms with van der Waals surface area (Å²) in [5, 5.41) is 36.5. The highest BCUT2D eigenvalue weighted by Crippen LogP contribution is 2.53. The van der Waals surface area contributed by atoms with Gasteiger partial charge in [-0.05, 0) is 44.2 Å². The lowest BCUT2D eigenvalue weighted by atomic mass is 9.72. The van der Waals surface area contributed by atoms with Crippen molar-refractivity contribution < 1.29 is 77.1 Å². The van der Waals surface area contributed by atoms with Crippen molar-refractivity contribution in [3.05, 3.63) is 87.5 Å². The van der Waals surface area contributed by atoms with E-state index in [1.165, 1.54) is 25.3 Å². The Kier molecular flexibility index (Phi) is 13.2. The normalized spacial score (nSPS) is 30.7. The molecule has 17 nitrogen and oxygen atoms in total. The molecule has 0 radical (unpaired) electrons. The van der Waals surface area contributed by atoms with Crippen LogP contribution in [0.5, 0.6) is 17.2 Å². The number of nitrogens with zero attached hydrogens (tertiary/aromatic N) is 1. The molecule has 3 N–H and O–H groups in total. The number of carbonyl (C=O) groups is 4. The molecule has 10 atom stereocenters. The first-order valence-corrected chi connectivity index (χ1v) is 22.3. The fourth-order valence-corrected chi connectivity index (χ4v) is 10.3. The highest BCUT2D eigenvalue weighted by Gasteiger charge is 2.55. The maximum absolute atomic E-state index is 14.3. The number of ether oxygens (including phenoxy) is 9. The fourth-order valence-electron chi connectivity index (χ4n) is 10.3. The lowest BCUT2D eigenvalue weighted by Crippen LogP contribution is -2.55. The van der Waals surface area contributed by atoms with E-state index in [-0.39, 0.29) is 71.7 Å². The Hall–Kier alpha value is -4.66. The van der Waals surface area contributed by atoms with Crippen molar-refractivity contribution in [1.29, 1.82) is 0 Å². The molecule has 3 unspecified atom stereocenters. The molecule has 3 aromatic carbocycles. The number of morpholine rings is 1. The number of benzene rings is 3. The molecule has 348 valence electrons. The Labute approximate surface area is 375 Å². The highest BCUT2D eigenvalue weighted by atomic mass is 16.7. The van der Waals surface area contributed by atoms with Gasteiger partial charge in [-0.25, -0.2) is 0 Å². The van der Waals surface area contributed by atoms with Gasteiger partial charge in [0, 0.05) is 62.1 Å². The number of rotatable bonds is 15. The first-order chi connectivity index (χ1) is 31.4. The SMILES string of the molecule is COc1cccc2c1C(=O)c1c(O)c3c(c(O)c1C2=O)C[C@@](O)(C(=O)COC1CCCC(COCC(=O)CCc2ccccc2)O1)C[C@@H]3O[C@H]1C[C@H]2C(O[C@@H]3[C@@H](OC)OCCN32)[C@H](C)O1. The zero-order valence-corrected chi connectivity index (χ0v) is 36.6. The van der Waals surface area contributed by atoms with Crippen LogP contribution in [0.2, 0.25) is 0 Å². The molecular weight excluding hydrogens is 847 g/mol. The molecule has 0 bridgehead atoms. The van der Waals surface area contributed by atoms with E-state index in [0.717, 1.165) is 5.56 Å². The number of aryl methyl sites for hydroxylation is 1. The number of hydrogen-bond acceptors (Lipinski definition) is 17. The summed E-state index contributed by atoms with van der Waals surface area (Å²) < 4.78 is 53.9. The summed E-state index contributed by atoms with van der Waals surface area (Å²) >= 11 is 0. The molecule has 0 aromatic heterocycles. The Balaban J connectivity index is 0.936. The molecule has 0 amide bonds. The van der Waals surface area contributed by atoms with Gasteiger partial charge in [0.25, 0.3) is 0 Å². The minimum absolute atomic E-state index is 0.0270. The van der Waals surface area contributed by atoms with Crippen LogP contribution in [0.3, 0.4) is 0 Å². The molecular formula is C48H55NO16. The number of hydrogen-bond donors (Lipinski definition) is 3. The summed E-state index contributed by atoms with van der Waals surface area (Å²) in [5.74, 6) is -3.47. The Morgan fingerprint density at radius 1 is 0.908 bits per heavy atom. The number of methoxy groups -OCH3 is 2. The molecule has 17 heteroatoms. The van der Waals surface area contributed by atoms with Crippen LogP contribution in [0.1, 0.15) is 100 Å². The molecule has 4 fully saturated rings. The second-order valence-electron chi connectivity index (χ2n) is 17.6. The van der Waals surface area contributed by atoms with Gasteiger partial charge in [-0.1, -0.05) is 42.5 Å². The molecule has 0 saturated carbocycles. The average Bonchev–Trinajstić information content (AvgIpc) is 3.70. The van der Waals surface area contributed by atoms with Crippen LogP contribution in [0, 0.1) is 0 Å². The van der Waals surface area contributed by atoms with E-state index in [1.54, 1.807) is 7.11 Å². The molecule has 2 aliphatic carbocycles. The quantitative estimate of drug-likeness (QED) is 0.145. The van der Waals surface area contributed by atoms with Crippen LogP contribution >= 0.6 is 0 Å². The van der Waals surface area contributed by atoms with Crippen molar-refractivity contribution in [1.82, 2.24) is 4.90 Å². The van der Waals surface area contributed by atoms with Gasteiger partial charge in [0.2, 0.25) is 5.78 Å². The summed E-state index contributed by atoms with van der Waals surface area (Å²) in [4.78, 5) is 57.2. The summed E-state index contributed by atoms with van der Waals surface area (Å²) in [6.07, 6.45) is -3.38. The van der Waals surface area contributed by atoms with E-state index in [9.17, 15) is 34.5 Å². The minimum atomic E-state index is -2.25. The van der Waals surface area contributed by atoms with Crippen LogP contribution in [0.15, 0.2) is 48.5 Å². The van der Waals surface area contributed by atoms with Gasteiger partial charge in [0.1, 0.15) is 42.2 Å². The van der Waals surface area contributed by atoms with E-state index in [1.807, 2.05) is 37.3 Å². The molecule has 4 saturated heterocycles. The first kappa shape index (κ1) is 45.5. The van der Waals surface area contributed by atoms with Gasteiger partial charge in [-0.3, -0.25) is 24.1 Å². The molecule has 4 heterocycles. The van der Waals surface area contributed by atoms with E-state index >= 15 is 0 Å². The minimum Gasteiger partial charge on any atom is -0.507 e. The largest absolute Gasteiger partial charge is 0.507 e. The molecule has 65 heavy (non-hydrogen) atoms. The number of phenols is 2. The topological polar surface area (TPSA) is 215 Å². The molecule has 9 rings (SSSR count). The lowest BCUT2D eigenvalue weighted by Gasteiger charge is -2.43. The van der Waals surface area contributed by atoms with E-state index in [0.29, 0.717) is 45.3 Å². The molecule has 6 aliphatic rings. The standard InChI is InChI=1S/C48H55NO16/c1-25-45-31(49-17-18-60-47(58-3)46(49)65-45)19-36(62-25)64-33-21-48(56,20-30-38(33)44(55)40-39(42(30)53)41(52)29-12-8-13-32(57-2)37(29)43(40)54)34(51)24-61-35-14-7-11-28(63-35)23-59-22-27(50)16-15-26-9-5-4-6-10-26/h4-6,8-10,12-13,25,28,31,33,35-36,45-47,53,55-56H,7,11,14-24H2,1-3H3/t25-,28?,31-,33-,35?,36-,45?,46+,47-,48-/m0/s1. The second kappa shape index (κ2) is 18.9. The van der Waals surface area contributed by atoms with Gasteiger partial charge in [-0.15, -0.1) is 0 Å². The van der Waals surface area contributed by atoms with Crippen LogP contribution in [0.4, 0.5) is 0 Å². The van der Waals surface area contributed by atoms with Gasteiger partial charge >= 0.3 is 0 Å². The van der Waals surface area contributed by atoms with Crippen molar-refractivity contribution >= 4 is 23.1 Å². The van der Waals surface area contributed by atoms with Crippen LogP contribution in [-0.4, -0.2) is 146 Å². The number of aromatic hydroxyl groups is 2. The number of phenolic OH excluding ortho intramolecular Hbond substituents is 2. The zero-order chi connectivity index (χ0) is 45.6. The van der Waals surface area contributed by atoms with E-state index < -0.39 is 102 Å². The van der Waals surface area contributed by atoms with E-state index in [4.69, 9.17) is 42.6 Å². The van der Waals surface area contributed by atoms with Gasteiger partial charge in [0.05, 0.1) is 55.3 Å². The summed E-state index contributed by atoms with van der Waals surface area (Å²) in [6, 6.07) is 14.0. The number of Topliss-reactive ketones (excluding diaryl/α,β-unsaturated/α-hetero) is 2. The Bertz CT molecular complexity index is 2300. The number of aliphatic hydroxyl groups is 1. The summed E-state index contributed by atoms with van der Waals surface area (Å²) in [6.45, 7) is 2.32. The molecule has 4 aliphatic heterocycles. The third-order valence-corrected chi connectivity index (χ3v) is 13.5. The Morgan fingerprint density at radius 2 is 1.71 bits per heavy atom. The first-order valence-electron chi connectivity index (χ1n) is 22.3. The van der Waals surface area contributed by atoms with Crippen LogP contribution < -0.4 is 4.74 Å². The van der Waals surface area contributed by atoms with Gasteiger partial charge < -0.3 is 58.0 Å². The lowest BCUT2D eigenvalue weighted by molar-refractivity contribution is -0.256. The predicted molar refractivity (Wildman–Crippen MR) is 226 cm³/mol. The third-order valence-electron chi connectivity index (χ3n) is 13.5. The predicted octanol–water partition coefficient (Wildman–Crippen LogP) is 3.85. The summed E-state index contributed by atoms with van der Waals surface area (Å²) in [5.41, 5.74) is -2.38. The van der Waals surface area contributed by atoms with Crippen molar-refractivity contribution in [2.24, 2.45) is 0 Å². The number of ketones is 4. The maximum Gasteiger partial charge on any atom is 0.202 e. The molecule has 0 spiro atoms. The van der Waals surface area contributed by atoms with Crippen LogP contribution in [0.25, 0.3) is 0 Å². The zero-order valence-electron chi connectivity index (χ0n) is 36.6. The van der Waals surface area contributed by atoms with Crippen molar-refractivity contribution in [2.45, 2.75) is 119 Å². The monoisotopic (exact) mass is 901 g/mol. The van der Waals surface area contributed by atoms with Gasteiger partial charge in [-0.2, -0.15) is 0 Å². The number of carbonyl (C=O) groups excluding carboxylic acids is 4. The van der Waals surface area contributed by atoms with Crippen molar-refractivity contribution in [3.63, 3.8) is 0 Å². The smallest absolute Gasteiger partial charge is 0.202 e. The highest BCUT2D eigenvalue weighted by molar-refractivity contribution is 6.31. The van der Waals surface area contributed by atoms with Crippen molar-refractivity contribution in [3.8, 4) is 17.2 Å². The van der Waals surface area contributed by atoms with E-state index in [2.05, 4.69) is 4.90 Å². The average molecular weight is 902 g/mol. The fraction of sp³-hybridized carbons (Fsp3) is 0.542. The maximum atomic E-state index is 14.3. The Morgan fingerprint density at radius 3 is 2.49 bits per heavy atom. The second-order valence-corrected chi connectivity index (χ2v) is 17.6.